The molecule has 1 N–H and O–H groups in total. The van der Waals surface area contributed by atoms with Gasteiger partial charge in [0.2, 0.25) is 0 Å². The van der Waals surface area contributed by atoms with Gasteiger partial charge in [0.15, 0.2) is 5.76 Å². The van der Waals surface area contributed by atoms with Crippen LogP contribution in [0.15, 0.2) is 16.5 Å². The molecular formula is C17H23NO4. The molecule has 3 fully saturated rings. The molecule has 1 amide bonds. The van der Waals surface area contributed by atoms with Crippen LogP contribution in [0.2, 0.25) is 0 Å². The molecule has 3 aliphatic rings. The molecule has 2 saturated carbocycles. The molecule has 0 bridgehead atoms. The van der Waals surface area contributed by atoms with Crippen LogP contribution in [0.5, 0.6) is 5.95 Å². The molecule has 5 heteroatoms. The second kappa shape index (κ2) is 5.61. The van der Waals surface area contributed by atoms with E-state index in [2.05, 4.69) is 5.32 Å². The molecule has 0 radical (unpaired) electrons. The fourth-order valence-electron chi connectivity index (χ4n) is 4.63. The number of rotatable bonds is 4. The Kier molecular flexibility index (Phi) is 3.60. The second-order valence-electron chi connectivity index (χ2n) is 6.73. The largest absolute Gasteiger partial charge is 0.468 e. The zero-order chi connectivity index (χ0) is 15.1. The summed E-state index contributed by atoms with van der Waals surface area (Å²) in [5.74, 6) is 2.22. The molecule has 2 aliphatic carbocycles. The maximum Gasteiger partial charge on any atom is 0.287 e. The lowest BCUT2D eigenvalue weighted by Gasteiger charge is -2.50. The second-order valence-corrected chi connectivity index (χ2v) is 6.73. The van der Waals surface area contributed by atoms with Gasteiger partial charge in [0.25, 0.3) is 11.9 Å². The van der Waals surface area contributed by atoms with Gasteiger partial charge in [-0.1, -0.05) is 25.7 Å². The minimum atomic E-state index is -0.137. The Morgan fingerprint density at radius 3 is 2.82 bits per heavy atom. The van der Waals surface area contributed by atoms with Crippen molar-refractivity contribution in [2.45, 2.75) is 44.2 Å². The Morgan fingerprint density at radius 1 is 1.27 bits per heavy atom. The molecule has 2 heterocycles. The van der Waals surface area contributed by atoms with E-state index in [1.165, 1.54) is 32.8 Å². The van der Waals surface area contributed by atoms with Gasteiger partial charge in [0.05, 0.1) is 13.2 Å². The van der Waals surface area contributed by atoms with Crippen LogP contribution in [0.1, 0.15) is 42.7 Å². The van der Waals surface area contributed by atoms with Crippen molar-refractivity contribution >= 4 is 5.91 Å². The zero-order valence-electron chi connectivity index (χ0n) is 12.9. The van der Waals surface area contributed by atoms with Gasteiger partial charge in [-0.25, -0.2) is 0 Å². The lowest BCUT2D eigenvalue weighted by molar-refractivity contribution is -0.0786. The highest BCUT2D eigenvalue weighted by atomic mass is 16.6. The lowest BCUT2D eigenvalue weighted by Crippen LogP contribution is -2.63. The SMILES string of the molecule is COc1ccc(C(=O)N[C@@H]2[C@@H]3CCO[C@@H]3[C@@H]2C2CCCC2)o1. The monoisotopic (exact) mass is 305 g/mol. The highest BCUT2D eigenvalue weighted by Crippen LogP contribution is 2.51. The molecule has 0 unspecified atom stereocenters. The number of carbonyl (C=O) groups is 1. The summed E-state index contributed by atoms with van der Waals surface area (Å²) in [7, 11) is 1.53. The van der Waals surface area contributed by atoms with E-state index >= 15 is 0 Å². The number of nitrogens with one attached hydrogen (secondary N) is 1. The summed E-state index contributed by atoms with van der Waals surface area (Å²) < 4.78 is 16.3. The molecule has 4 rings (SSSR count). The minimum Gasteiger partial charge on any atom is -0.468 e. The third-order valence-electron chi connectivity index (χ3n) is 5.69. The first-order valence-corrected chi connectivity index (χ1v) is 8.34. The highest BCUT2D eigenvalue weighted by molar-refractivity contribution is 5.92. The lowest BCUT2D eigenvalue weighted by atomic mass is 9.61. The fourth-order valence-corrected chi connectivity index (χ4v) is 4.63. The number of hydrogen-bond donors (Lipinski definition) is 1. The molecule has 0 aromatic carbocycles. The Hall–Kier alpha value is -1.49. The van der Waals surface area contributed by atoms with E-state index in [0.29, 0.717) is 35.6 Å². The molecule has 120 valence electrons. The maximum absolute atomic E-state index is 12.4. The standard InChI is InChI=1S/C17H23NO4/c1-20-13-7-6-12(22-13)17(19)18-15-11-8-9-21-16(11)14(15)10-4-2-3-5-10/h6-7,10-11,14-16H,2-5,8-9H2,1H3,(H,18,19)/t11-,14+,15+,16-/m0/s1. The van der Waals surface area contributed by atoms with Crippen molar-refractivity contribution in [3.05, 3.63) is 17.9 Å². The van der Waals surface area contributed by atoms with E-state index < -0.39 is 0 Å². The van der Waals surface area contributed by atoms with Gasteiger partial charge in [-0.05, 0) is 18.4 Å². The summed E-state index contributed by atoms with van der Waals surface area (Å²) in [5.41, 5.74) is 0. The minimum absolute atomic E-state index is 0.137. The highest BCUT2D eigenvalue weighted by Gasteiger charge is 2.57. The first kappa shape index (κ1) is 14.1. The van der Waals surface area contributed by atoms with Crippen LogP contribution in [-0.2, 0) is 4.74 Å². The smallest absolute Gasteiger partial charge is 0.287 e. The number of methoxy groups -OCH3 is 1. The third kappa shape index (κ3) is 2.22. The number of fused-ring (bicyclic) bond motifs is 1. The number of carbonyl (C=O) groups excluding carboxylic acids is 1. The van der Waals surface area contributed by atoms with Crippen LogP contribution in [0.25, 0.3) is 0 Å². The van der Waals surface area contributed by atoms with Crippen LogP contribution < -0.4 is 10.1 Å². The quantitative estimate of drug-likeness (QED) is 0.929. The summed E-state index contributed by atoms with van der Waals surface area (Å²) in [5, 5.41) is 3.20. The van der Waals surface area contributed by atoms with Gasteiger partial charge in [-0.2, -0.15) is 0 Å². The maximum atomic E-state index is 12.4. The Balaban J connectivity index is 1.46. The van der Waals surface area contributed by atoms with Crippen molar-refractivity contribution in [1.29, 1.82) is 0 Å². The summed E-state index contributed by atoms with van der Waals surface area (Å²) in [6.07, 6.45) is 6.60. The molecular weight excluding hydrogens is 282 g/mol. The molecule has 4 atom stereocenters. The van der Waals surface area contributed by atoms with Crippen LogP contribution in [0.3, 0.4) is 0 Å². The van der Waals surface area contributed by atoms with Gasteiger partial charge >= 0.3 is 0 Å². The van der Waals surface area contributed by atoms with Gasteiger partial charge in [0.1, 0.15) is 0 Å². The van der Waals surface area contributed by atoms with E-state index in [1.54, 1.807) is 12.1 Å². The number of furan rings is 1. The number of hydrogen-bond acceptors (Lipinski definition) is 4. The van der Waals surface area contributed by atoms with Crippen LogP contribution in [0, 0.1) is 17.8 Å². The van der Waals surface area contributed by atoms with Crippen molar-refractivity contribution in [2.24, 2.45) is 17.8 Å². The van der Waals surface area contributed by atoms with E-state index in [1.807, 2.05) is 0 Å². The molecule has 1 aliphatic heterocycles. The van der Waals surface area contributed by atoms with Crippen molar-refractivity contribution in [2.75, 3.05) is 13.7 Å². The van der Waals surface area contributed by atoms with E-state index in [-0.39, 0.29) is 11.9 Å². The topological polar surface area (TPSA) is 60.7 Å². The average molecular weight is 305 g/mol. The molecule has 22 heavy (non-hydrogen) atoms. The summed E-state index contributed by atoms with van der Waals surface area (Å²) in [6.45, 7) is 0.833. The van der Waals surface area contributed by atoms with Gasteiger partial charge in [-0.15, -0.1) is 0 Å². The molecule has 5 nitrogen and oxygen atoms in total. The van der Waals surface area contributed by atoms with Gasteiger partial charge < -0.3 is 19.2 Å². The van der Waals surface area contributed by atoms with Crippen molar-refractivity contribution in [3.8, 4) is 5.95 Å². The van der Waals surface area contributed by atoms with E-state index in [9.17, 15) is 4.79 Å². The Labute approximate surface area is 130 Å². The first-order chi connectivity index (χ1) is 10.8. The average Bonchev–Trinajstić information content (AvgIpc) is 3.26. The molecule has 0 spiro atoms. The number of ether oxygens (including phenoxy) is 2. The predicted octanol–water partition coefficient (Wildman–Crippen LogP) is 2.61. The molecule has 1 aromatic heterocycles. The van der Waals surface area contributed by atoms with Crippen molar-refractivity contribution in [1.82, 2.24) is 5.32 Å². The van der Waals surface area contributed by atoms with Crippen LogP contribution in [0.4, 0.5) is 0 Å². The molecule has 1 aromatic rings. The van der Waals surface area contributed by atoms with Crippen LogP contribution in [-0.4, -0.2) is 31.8 Å². The van der Waals surface area contributed by atoms with Crippen molar-refractivity contribution < 1.29 is 18.7 Å². The third-order valence-corrected chi connectivity index (χ3v) is 5.69. The normalized spacial score (nSPS) is 34.2. The first-order valence-electron chi connectivity index (χ1n) is 8.34. The summed E-state index contributed by atoms with van der Waals surface area (Å²) in [4.78, 5) is 12.4. The number of amides is 1. The molecule has 1 saturated heterocycles. The van der Waals surface area contributed by atoms with E-state index in [0.717, 1.165) is 13.0 Å². The fraction of sp³-hybridized carbons (Fsp3) is 0.706. The van der Waals surface area contributed by atoms with E-state index in [4.69, 9.17) is 13.9 Å². The summed E-state index contributed by atoms with van der Waals surface area (Å²) >= 11 is 0. The predicted molar refractivity (Wildman–Crippen MR) is 79.8 cm³/mol. The Bertz CT molecular complexity index is 544. The Morgan fingerprint density at radius 2 is 2.09 bits per heavy atom. The summed E-state index contributed by atoms with van der Waals surface area (Å²) in [6, 6.07) is 3.57. The van der Waals surface area contributed by atoms with Crippen molar-refractivity contribution in [3.63, 3.8) is 0 Å². The zero-order valence-corrected chi connectivity index (χ0v) is 12.9. The van der Waals surface area contributed by atoms with Gasteiger partial charge in [0, 0.05) is 30.6 Å². The van der Waals surface area contributed by atoms with Crippen LogP contribution >= 0.6 is 0 Å². The van der Waals surface area contributed by atoms with Gasteiger partial charge in [-0.3, -0.25) is 4.79 Å².